The van der Waals surface area contributed by atoms with Gasteiger partial charge in [0.2, 0.25) is 5.96 Å². The number of nitrogens with zero attached hydrogens (tertiary/aromatic N) is 2. The summed E-state index contributed by atoms with van der Waals surface area (Å²) in [5, 5.41) is 29.0. The zero-order valence-electron chi connectivity index (χ0n) is 14.5. The van der Waals surface area contributed by atoms with Crippen molar-refractivity contribution in [2.24, 2.45) is 4.99 Å². The first-order valence-electron chi connectivity index (χ1n) is 8.21. The summed E-state index contributed by atoms with van der Waals surface area (Å²) in [7, 11) is 0. The maximum Gasteiger partial charge on any atom is 0.209 e. The Bertz CT molecular complexity index is 860. The molecule has 0 saturated carbocycles. The Kier molecular flexibility index (Phi) is 5.16. The Morgan fingerprint density at radius 1 is 1.27 bits per heavy atom. The minimum atomic E-state index is -0.780. The molecule has 3 rings (SSSR count). The van der Waals surface area contributed by atoms with Crippen LogP contribution in [0.3, 0.4) is 0 Å². The van der Waals surface area contributed by atoms with Gasteiger partial charge < -0.3 is 15.7 Å². The number of anilines is 2. The van der Waals surface area contributed by atoms with E-state index < -0.39 is 17.7 Å². The fourth-order valence-corrected chi connectivity index (χ4v) is 3.34. The van der Waals surface area contributed by atoms with E-state index in [0.717, 1.165) is 21.4 Å². The number of nitriles is 1. The number of hydrogen-bond acceptors (Lipinski definition) is 4. The molecule has 4 N–H and O–H groups in total. The average Bonchev–Trinajstić information content (AvgIpc) is 2.60. The number of rotatable bonds is 2. The highest BCUT2D eigenvalue weighted by Crippen LogP contribution is 2.41. The fourth-order valence-electron chi connectivity index (χ4n) is 2.96. The summed E-state index contributed by atoms with van der Waals surface area (Å²) in [6, 6.07) is 14.7. The van der Waals surface area contributed by atoms with E-state index in [1.54, 1.807) is 0 Å². The zero-order chi connectivity index (χ0) is 18.7. The van der Waals surface area contributed by atoms with Gasteiger partial charge in [0.25, 0.3) is 0 Å². The average molecular weight is 414 g/mol. The van der Waals surface area contributed by atoms with E-state index in [1.165, 1.54) is 0 Å². The highest BCUT2D eigenvalue weighted by Gasteiger charge is 2.41. The van der Waals surface area contributed by atoms with Crippen LogP contribution < -0.4 is 16.0 Å². The molecular formula is C19H20BrN5O. The predicted molar refractivity (Wildman–Crippen MR) is 107 cm³/mol. The molecule has 2 atom stereocenters. The van der Waals surface area contributed by atoms with Crippen LogP contribution in [0.4, 0.5) is 11.4 Å². The van der Waals surface area contributed by atoms with Crippen molar-refractivity contribution in [1.29, 1.82) is 5.26 Å². The molecule has 6 nitrogen and oxygen atoms in total. The molecule has 1 aliphatic rings. The maximum absolute atomic E-state index is 10.9. The van der Waals surface area contributed by atoms with Gasteiger partial charge in [0.15, 0.2) is 6.19 Å². The Morgan fingerprint density at radius 2 is 2.00 bits per heavy atom. The van der Waals surface area contributed by atoms with Crippen molar-refractivity contribution in [3.05, 3.63) is 58.6 Å². The van der Waals surface area contributed by atoms with Gasteiger partial charge >= 0.3 is 0 Å². The second kappa shape index (κ2) is 7.36. The zero-order valence-corrected chi connectivity index (χ0v) is 16.1. The SMILES string of the molecule is CC1(C)Nc2ccc(Br)cc2C(N=C(NC#N)Nc2ccccc2)C1O. The third-order valence-electron chi connectivity index (χ3n) is 4.31. The highest BCUT2D eigenvalue weighted by atomic mass is 79.9. The normalized spacial score (nSPS) is 21.1. The number of aliphatic imine (C=N–C) groups is 1. The van der Waals surface area contributed by atoms with Gasteiger partial charge in [-0.05, 0) is 44.2 Å². The van der Waals surface area contributed by atoms with Gasteiger partial charge in [-0.15, -0.1) is 0 Å². The molecule has 0 amide bonds. The minimum Gasteiger partial charge on any atom is -0.388 e. The second-order valence-electron chi connectivity index (χ2n) is 6.67. The van der Waals surface area contributed by atoms with Crippen molar-refractivity contribution in [2.75, 3.05) is 10.6 Å². The van der Waals surface area contributed by atoms with Crippen LogP contribution in [0.1, 0.15) is 25.5 Å². The van der Waals surface area contributed by atoms with Crippen molar-refractivity contribution < 1.29 is 5.11 Å². The molecular weight excluding hydrogens is 394 g/mol. The third kappa shape index (κ3) is 3.82. The summed E-state index contributed by atoms with van der Waals surface area (Å²) in [5.41, 5.74) is 2.00. The topological polar surface area (TPSA) is 92.5 Å². The second-order valence-corrected chi connectivity index (χ2v) is 7.59. The summed E-state index contributed by atoms with van der Waals surface area (Å²) in [4.78, 5) is 4.64. The Hall–Kier alpha value is -2.56. The summed E-state index contributed by atoms with van der Waals surface area (Å²) in [6.07, 6.45) is 1.12. The predicted octanol–water partition coefficient (Wildman–Crippen LogP) is 3.59. The molecule has 134 valence electrons. The standard InChI is InChI=1S/C19H20BrN5O/c1-19(2)17(26)16(14-10-12(20)8-9-15(14)25-19)24-18(22-11-21)23-13-6-4-3-5-7-13/h3-10,16-17,25-26H,1-2H3,(H2,22,23,24). The Labute approximate surface area is 161 Å². The minimum absolute atomic E-state index is 0.284. The molecule has 0 aliphatic carbocycles. The summed E-state index contributed by atoms with van der Waals surface area (Å²) < 4.78 is 0.899. The number of nitrogens with one attached hydrogen (secondary N) is 3. The number of guanidine groups is 1. The summed E-state index contributed by atoms with van der Waals surface area (Å²) in [5.74, 6) is 0.284. The van der Waals surface area contributed by atoms with Crippen molar-refractivity contribution in [3.8, 4) is 6.19 Å². The van der Waals surface area contributed by atoms with E-state index >= 15 is 0 Å². The number of hydrogen-bond donors (Lipinski definition) is 4. The first-order chi connectivity index (χ1) is 12.4. The molecule has 7 heteroatoms. The number of aliphatic hydroxyl groups excluding tert-OH is 1. The van der Waals surface area contributed by atoms with Crippen molar-refractivity contribution in [1.82, 2.24) is 5.32 Å². The van der Waals surface area contributed by atoms with Gasteiger partial charge in [0, 0.05) is 21.4 Å². The molecule has 0 spiro atoms. The number of fused-ring (bicyclic) bond motifs is 1. The fraction of sp³-hybridized carbons (Fsp3) is 0.263. The molecule has 1 heterocycles. The van der Waals surface area contributed by atoms with Gasteiger partial charge in [-0.3, -0.25) is 5.32 Å². The van der Waals surface area contributed by atoms with E-state index in [9.17, 15) is 5.11 Å². The monoisotopic (exact) mass is 413 g/mol. The molecule has 0 saturated heterocycles. The highest BCUT2D eigenvalue weighted by molar-refractivity contribution is 9.10. The lowest BCUT2D eigenvalue weighted by Crippen LogP contribution is -2.50. The Morgan fingerprint density at radius 3 is 2.69 bits per heavy atom. The van der Waals surface area contributed by atoms with E-state index in [0.29, 0.717) is 0 Å². The van der Waals surface area contributed by atoms with Crippen LogP contribution in [0, 0.1) is 11.5 Å². The number of benzene rings is 2. The van der Waals surface area contributed by atoms with Crippen LogP contribution in [-0.2, 0) is 0 Å². The van der Waals surface area contributed by atoms with Crippen LogP contribution in [0.2, 0.25) is 0 Å². The van der Waals surface area contributed by atoms with Crippen LogP contribution in [-0.4, -0.2) is 22.7 Å². The molecule has 2 unspecified atom stereocenters. The quantitative estimate of drug-likeness (QED) is 0.261. The van der Waals surface area contributed by atoms with Gasteiger partial charge in [0.05, 0.1) is 5.54 Å². The van der Waals surface area contributed by atoms with Crippen LogP contribution >= 0.6 is 15.9 Å². The number of aliphatic hydroxyl groups is 1. The smallest absolute Gasteiger partial charge is 0.209 e. The third-order valence-corrected chi connectivity index (χ3v) is 4.80. The number of para-hydroxylation sites is 1. The van der Waals surface area contributed by atoms with Crippen molar-refractivity contribution in [3.63, 3.8) is 0 Å². The van der Waals surface area contributed by atoms with Crippen LogP contribution in [0.25, 0.3) is 0 Å². The lowest BCUT2D eigenvalue weighted by Gasteiger charge is -2.42. The molecule has 1 aliphatic heterocycles. The molecule has 2 aromatic carbocycles. The molecule has 0 aromatic heterocycles. The molecule has 0 radical (unpaired) electrons. The Balaban J connectivity index is 2.02. The van der Waals surface area contributed by atoms with E-state index in [-0.39, 0.29) is 5.96 Å². The van der Waals surface area contributed by atoms with E-state index in [1.807, 2.05) is 68.6 Å². The summed E-state index contributed by atoms with van der Waals surface area (Å²) >= 11 is 3.48. The van der Waals surface area contributed by atoms with E-state index in [2.05, 4.69) is 36.9 Å². The number of halogens is 1. The van der Waals surface area contributed by atoms with Gasteiger partial charge in [-0.2, -0.15) is 5.26 Å². The lowest BCUT2D eigenvalue weighted by atomic mass is 9.83. The van der Waals surface area contributed by atoms with Crippen LogP contribution in [0.15, 0.2) is 58.0 Å². The first-order valence-corrected chi connectivity index (χ1v) is 9.00. The van der Waals surface area contributed by atoms with E-state index in [4.69, 9.17) is 5.26 Å². The molecule has 26 heavy (non-hydrogen) atoms. The van der Waals surface area contributed by atoms with Crippen LogP contribution in [0.5, 0.6) is 0 Å². The maximum atomic E-state index is 10.9. The molecule has 0 fully saturated rings. The molecule has 0 bridgehead atoms. The summed E-state index contributed by atoms with van der Waals surface area (Å²) in [6.45, 7) is 3.85. The first kappa shape index (κ1) is 18.2. The lowest BCUT2D eigenvalue weighted by molar-refractivity contribution is 0.0837. The van der Waals surface area contributed by atoms with Gasteiger partial charge in [-0.1, -0.05) is 34.1 Å². The largest absolute Gasteiger partial charge is 0.388 e. The van der Waals surface area contributed by atoms with Gasteiger partial charge in [0.1, 0.15) is 12.1 Å². The van der Waals surface area contributed by atoms with Crippen molar-refractivity contribution >= 4 is 33.3 Å². The van der Waals surface area contributed by atoms with Crippen molar-refractivity contribution in [2.45, 2.75) is 31.5 Å². The van der Waals surface area contributed by atoms with Gasteiger partial charge in [-0.25, -0.2) is 4.99 Å². The molecule has 2 aromatic rings.